The number of hydrogen-bond donors (Lipinski definition) is 0. The molecule has 0 aliphatic carbocycles. The molecule has 0 amide bonds. The van der Waals surface area contributed by atoms with Gasteiger partial charge in [-0.3, -0.25) is 9.59 Å². The molecule has 0 N–H and O–H groups in total. The van der Waals surface area contributed by atoms with Crippen molar-refractivity contribution in [2.45, 2.75) is 257 Å². The van der Waals surface area contributed by atoms with E-state index in [1.807, 2.05) is 21.1 Å². The molecular weight excluding hydrogens is 959 g/mol. The Balaban J connectivity index is 4.26. The number of esters is 2. The number of carboxylic acid groups (broad SMARTS) is 1. The number of aliphatic carboxylic acids is 1. The Kier molecular flexibility index (Phi) is 55.1. The maximum absolute atomic E-state index is 12.9. The molecule has 2 atom stereocenters. The van der Waals surface area contributed by atoms with Crippen LogP contribution in [0.3, 0.4) is 0 Å². The number of nitrogens with zero attached hydrogens (tertiary/aromatic N) is 1. The molecule has 440 valence electrons. The topological polar surface area (TPSA) is 111 Å². The van der Waals surface area contributed by atoms with Gasteiger partial charge >= 0.3 is 11.9 Å². The van der Waals surface area contributed by atoms with E-state index in [1.165, 1.54) is 103 Å². The summed E-state index contributed by atoms with van der Waals surface area (Å²) >= 11 is 0. The van der Waals surface area contributed by atoms with Crippen LogP contribution < -0.4 is 5.11 Å². The van der Waals surface area contributed by atoms with Gasteiger partial charge < -0.3 is 33.3 Å². The van der Waals surface area contributed by atoms with Gasteiger partial charge in [0, 0.05) is 12.8 Å². The standard InChI is InChI=1S/C68H115NO8/c1-6-8-10-12-14-16-18-20-22-24-26-28-30-31-32-33-34-35-37-39-41-43-45-47-49-51-53-55-57-59-66(71)77-64(63-76-68(67(72)73)74-61-60-69(3,4)5)62-75-65(70)58-56-54-52-50-48-46-44-42-40-38-36-29-27-25-23-21-19-17-15-13-11-9-7-2/h8,10,14,16,19-22,25-28,31-32,34-36,38,64,68H,6-7,9,11-13,15,17-18,23-24,29-30,33,37,39-63H2,1-5H3/b10-8-,16-14-,21-19-,22-20-,27-25-,28-26-,32-31-,35-34-,38-36-. The molecule has 0 aromatic heterocycles. The molecule has 77 heavy (non-hydrogen) atoms. The summed E-state index contributed by atoms with van der Waals surface area (Å²) in [5, 5.41) is 11.8. The third-order valence-corrected chi connectivity index (χ3v) is 13.0. The molecule has 0 saturated heterocycles. The van der Waals surface area contributed by atoms with E-state index in [0.29, 0.717) is 17.4 Å². The van der Waals surface area contributed by atoms with Crippen LogP contribution in [-0.4, -0.2) is 82.3 Å². The van der Waals surface area contributed by atoms with Gasteiger partial charge in [-0.05, 0) is 103 Å². The fourth-order valence-electron chi connectivity index (χ4n) is 8.25. The number of carbonyl (C=O) groups is 3. The summed E-state index contributed by atoms with van der Waals surface area (Å²) in [5.41, 5.74) is 0. The van der Waals surface area contributed by atoms with Crippen molar-refractivity contribution < 1.29 is 42.9 Å². The Morgan fingerprint density at radius 1 is 0.403 bits per heavy atom. The second kappa shape index (κ2) is 58.1. The minimum atomic E-state index is -1.63. The van der Waals surface area contributed by atoms with Crippen LogP contribution in [0.5, 0.6) is 0 Å². The van der Waals surface area contributed by atoms with Crippen LogP contribution in [0.2, 0.25) is 0 Å². The molecule has 0 aromatic carbocycles. The maximum Gasteiger partial charge on any atom is 0.306 e. The largest absolute Gasteiger partial charge is 0.545 e. The maximum atomic E-state index is 12.9. The highest BCUT2D eigenvalue weighted by Gasteiger charge is 2.22. The molecule has 0 bridgehead atoms. The van der Waals surface area contributed by atoms with Gasteiger partial charge in [-0.2, -0.15) is 0 Å². The van der Waals surface area contributed by atoms with Gasteiger partial charge in [0.1, 0.15) is 13.2 Å². The fraction of sp³-hybridized carbons (Fsp3) is 0.691. The normalized spacial score (nSPS) is 13.5. The van der Waals surface area contributed by atoms with Gasteiger partial charge in [-0.25, -0.2) is 0 Å². The zero-order chi connectivity index (χ0) is 56.2. The number of rotatable bonds is 56. The average molecular weight is 1070 g/mol. The van der Waals surface area contributed by atoms with Crippen molar-refractivity contribution in [3.63, 3.8) is 0 Å². The number of carboxylic acids is 1. The number of carbonyl (C=O) groups excluding carboxylic acids is 3. The predicted molar refractivity (Wildman–Crippen MR) is 324 cm³/mol. The zero-order valence-corrected chi connectivity index (χ0v) is 50.0. The Morgan fingerprint density at radius 3 is 1.10 bits per heavy atom. The Hall–Kier alpha value is -4.05. The highest BCUT2D eigenvalue weighted by molar-refractivity contribution is 5.70. The lowest BCUT2D eigenvalue weighted by Crippen LogP contribution is -2.44. The van der Waals surface area contributed by atoms with Crippen molar-refractivity contribution in [2.24, 2.45) is 0 Å². The van der Waals surface area contributed by atoms with E-state index >= 15 is 0 Å². The van der Waals surface area contributed by atoms with Crippen LogP contribution in [-0.2, 0) is 33.3 Å². The summed E-state index contributed by atoms with van der Waals surface area (Å²) in [6.07, 6.45) is 77.0. The minimum Gasteiger partial charge on any atom is -0.545 e. The minimum absolute atomic E-state index is 0.140. The van der Waals surface area contributed by atoms with E-state index in [4.69, 9.17) is 18.9 Å². The molecule has 0 rings (SSSR count). The molecule has 9 nitrogen and oxygen atoms in total. The van der Waals surface area contributed by atoms with Crippen molar-refractivity contribution in [3.05, 3.63) is 109 Å². The SMILES string of the molecule is CC/C=C\C/C=C\C/C=C\C/C=C\C/C=C\C/C=C\CCCCCCCCCCCCC(=O)OC(COC(=O)CCCCCCCCCC/C=C\C/C=C\C/C=C\CCCCCCC)COC(OCC[N+](C)(C)C)C(=O)[O-]. The summed E-state index contributed by atoms with van der Waals surface area (Å²) < 4.78 is 22.7. The second-order valence-corrected chi connectivity index (χ2v) is 21.6. The van der Waals surface area contributed by atoms with Gasteiger partial charge in [0.15, 0.2) is 12.4 Å². The third kappa shape index (κ3) is 59.5. The quantitative estimate of drug-likeness (QED) is 0.0195. The van der Waals surface area contributed by atoms with Gasteiger partial charge in [-0.1, -0.05) is 239 Å². The first kappa shape index (κ1) is 73.0. The number of unbranched alkanes of at least 4 members (excludes halogenated alkanes) is 23. The smallest absolute Gasteiger partial charge is 0.306 e. The highest BCUT2D eigenvalue weighted by atomic mass is 16.7. The first-order valence-electron chi connectivity index (χ1n) is 31.0. The number of allylic oxidation sites excluding steroid dienone is 18. The van der Waals surface area contributed by atoms with Crippen molar-refractivity contribution >= 4 is 17.9 Å². The van der Waals surface area contributed by atoms with Crippen molar-refractivity contribution in [2.75, 3.05) is 47.5 Å². The van der Waals surface area contributed by atoms with Crippen molar-refractivity contribution in [3.8, 4) is 0 Å². The molecule has 0 saturated carbocycles. The molecule has 0 spiro atoms. The lowest BCUT2D eigenvalue weighted by Gasteiger charge is -2.26. The number of likely N-dealkylation sites (N-methyl/N-ethyl adjacent to an activating group) is 1. The lowest BCUT2D eigenvalue weighted by molar-refractivity contribution is -0.870. The molecule has 2 unspecified atom stereocenters. The molecule has 0 aliphatic rings. The molecule has 0 heterocycles. The van der Waals surface area contributed by atoms with Gasteiger partial charge in [-0.15, -0.1) is 0 Å². The van der Waals surface area contributed by atoms with E-state index in [-0.39, 0.29) is 38.6 Å². The van der Waals surface area contributed by atoms with Crippen LogP contribution >= 0.6 is 0 Å². The first-order valence-corrected chi connectivity index (χ1v) is 31.0. The first-order chi connectivity index (χ1) is 37.6. The van der Waals surface area contributed by atoms with Crippen LogP contribution in [0.4, 0.5) is 0 Å². The highest BCUT2D eigenvalue weighted by Crippen LogP contribution is 2.15. The van der Waals surface area contributed by atoms with Gasteiger partial charge in [0.25, 0.3) is 0 Å². The second-order valence-electron chi connectivity index (χ2n) is 21.6. The van der Waals surface area contributed by atoms with Crippen molar-refractivity contribution in [1.82, 2.24) is 0 Å². The number of hydrogen-bond acceptors (Lipinski definition) is 8. The van der Waals surface area contributed by atoms with Gasteiger partial charge in [0.2, 0.25) is 0 Å². The van der Waals surface area contributed by atoms with E-state index in [1.54, 1.807) is 0 Å². The molecule has 0 radical (unpaired) electrons. The number of quaternary nitrogens is 1. The molecule has 9 heteroatoms. The van der Waals surface area contributed by atoms with Crippen LogP contribution in [0.25, 0.3) is 0 Å². The molecule has 0 fully saturated rings. The van der Waals surface area contributed by atoms with Crippen LogP contribution in [0, 0.1) is 0 Å². The van der Waals surface area contributed by atoms with E-state index in [2.05, 4.69) is 123 Å². The van der Waals surface area contributed by atoms with Crippen LogP contribution in [0.1, 0.15) is 245 Å². The Bertz CT molecular complexity index is 1630. The summed E-state index contributed by atoms with van der Waals surface area (Å²) in [4.78, 5) is 37.4. The Morgan fingerprint density at radius 2 is 0.740 bits per heavy atom. The van der Waals surface area contributed by atoms with Gasteiger partial charge in [0.05, 0.1) is 40.3 Å². The van der Waals surface area contributed by atoms with Crippen LogP contribution in [0.15, 0.2) is 109 Å². The summed E-state index contributed by atoms with van der Waals surface area (Å²) in [6.45, 7) is 4.61. The van der Waals surface area contributed by atoms with E-state index in [0.717, 1.165) is 109 Å². The van der Waals surface area contributed by atoms with Crippen molar-refractivity contribution in [1.29, 1.82) is 0 Å². The summed E-state index contributed by atoms with van der Waals surface area (Å²) in [7, 11) is 5.91. The number of ether oxygens (including phenoxy) is 4. The third-order valence-electron chi connectivity index (χ3n) is 13.0. The molecule has 0 aliphatic heterocycles. The Labute approximate surface area is 473 Å². The molecular formula is C68H115NO8. The lowest BCUT2D eigenvalue weighted by atomic mass is 10.0. The zero-order valence-electron chi connectivity index (χ0n) is 50.0. The van der Waals surface area contributed by atoms with E-state index < -0.39 is 24.3 Å². The molecule has 0 aromatic rings. The fourth-order valence-corrected chi connectivity index (χ4v) is 8.25. The summed E-state index contributed by atoms with van der Waals surface area (Å²) in [5.74, 6) is -2.30. The average Bonchev–Trinajstić information content (AvgIpc) is 3.40. The predicted octanol–water partition coefficient (Wildman–Crippen LogP) is 17.3. The van der Waals surface area contributed by atoms with E-state index in [9.17, 15) is 19.5 Å². The summed E-state index contributed by atoms with van der Waals surface area (Å²) in [6, 6.07) is 0. The monoisotopic (exact) mass is 1070 g/mol.